The highest BCUT2D eigenvalue weighted by atomic mass is 31.2. The summed E-state index contributed by atoms with van der Waals surface area (Å²) < 4.78 is 16.0. The van der Waals surface area contributed by atoms with Crippen LogP contribution in [0.3, 0.4) is 0 Å². The fourth-order valence-electron chi connectivity index (χ4n) is 2.67. The fourth-order valence-corrected chi connectivity index (χ4v) is 3.07. The molecule has 0 radical (unpaired) electrons. The highest BCUT2D eigenvalue weighted by Gasteiger charge is 2.20. The van der Waals surface area contributed by atoms with E-state index >= 15 is 0 Å². The van der Waals surface area contributed by atoms with Gasteiger partial charge >= 0.3 is 7.82 Å². The first kappa shape index (κ1) is 17.0. The van der Waals surface area contributed by atoms with Gasteiger partial charge in [0.25, 0.3) is 0 Å². The lowest BCUT2D eigenvalue weighted by Gasteiger charge is -2.24. The van der Waals surface area contributed by atoms with Crippen molar-refractivity contribution in [2.24, 2.45) is 0 Å². The van der Waals surface area contributed by atoms with E-state index in [1.807, 2.05) is 12.3 Å². The number of nitrogens with zero attached hydrogens (tertiary/aromatic N) is 1. The van der Waals surface area contributed by atoms with E-state index in [9.17, 15) is 4.57 Å². The Balaban J connectivity index is 2.29. The van der Waals surface area contributed by atoms with Gasteiger partial charge in [-0.25, -0.2) is 4.57 Å². The van der Waals surface area contributed by atoms with E-state index in [0.717, 1.165) is 36.0 Å². The van der Waals surface area contributed by atoms with Crippen molar-refractivity contribution >= 4 is 18.7 Å². The number of phosphoric acid groups is 1. The summed E-state index contributed by atoms with van der Waals surface area (Å²) in [6.07, 6.45) is 2.67. The minimum absolute atomic E-state index is 0.217. The number of fused-ring (bicyclic) bond motifs is 1. The van der Waals surface area contributed by atoms with E-state index in [4.69, 9.17) is 14.3 Å². The van der Waals surface area contributed by atoms with Gasteiger partial charge in [-0.15, -0.1) is 0 Å². The van der Waals surface area contributed by atoms with Crippen LogP contribution < -0.4 is 4.52 Å². The maximum absolute atomic E-state index is 11.1. The molecule has 0 aliphatic rings. The van der Waals surface area contributed by atoms with Crippen LogP contribution in [0.1, 0.15) is 26.3 Å². The molecule has 0 aliphatic heterocycles. The second kappa shape index (κ2) is 6.84. The third-order valence-electron chi connectivity index (χ3n) is 3.77. The summed E-state index contributed by atoms with van der Waals surface area (Å²) in [5, 5.41) is 0.741. The van der Waals surface area contributed by atoms with Crippen molar-refractivity contribution in [1.29, 1.82) is 0 Å². The summed E-state index contributed by atoms with van der Waals surface area (Å²) >= 11 is 0. The quantitative estimate of drug-likeness (QED) is 0.681. The zero-order valence-electron chi connectivity index (χ0n) is 13.1. The number of aromatic amines is 1. The molecule has 122 valence electrons. The predicted octanol–water partition coefficient (Wildman–Crippen LogP) is 2.91. The maximum atomic E-state index is 11.1. The highest BCUT2D eigenvalue weighted by molar-refractivity contribution is 7.46. The average Bonchev–Trinajstić information content (AvgIpc) is 2.82. The fraction of sp³-hybridized carbons (Fsp3) is 0.467. The molecule has 0 unspecified atom stereocenters. The Morgan fingerprint density at radius 1 is 1.36 bits per heavy atom. The van der Waals surface area contributed by atoms with Gasteiger partial charge in [0, 0.05) is 29.7 Å². The van der Waals surface area contributed by atoms with Crippen molar-refractivity contribution in [3.05, 3.63) is 30.0 Å². The van der Waals surface area contributed by atoms with Gasteiger partial charge < -0.3 is 14.4 Å². The Kier molecular flexibility index (Phi) is 5.29. The van der Waals surface area contributed by atoms with E-state index in [-0.39, 0.29) is 5.75 Å². The molecule has 0 fully saturated rings. The molecule has 0 spiro atoms. The number of hydrogen-bond acceptors (Lipinski definition) is 3. The first-order chi connectivity index (χ1) is 10.3. The Morgan fingerprint density at radius 2 is 2.09 bits per heavy atom. The number of hydrogen-bond donors (Lipinski definition) is 3. The number of likely N-dealkylation sites (N-methyl/N-ethyl adjacent to an activating group) is 1. The molecule has 22 heavy (non-hydrogen) atoms. The lowest BCUT2D eigenvalue weighted by Crippen LogP contribution is -2.32. The molecule has 1 aromatic carbocycles. The van der Waals surface area contributed by atoms with E-state index in [2.05, 4.69) is 30.7 Å². The van der Waals surface area contributed by atoms with Crippen molar-refractivity contribution in [3.63, 3.8) is 0 Å². The Bertz CT molecular complexity index is 677. The molecule has 1 heterocycles. The Hall–Kier alpha value is -1.33. The molecule has 0 aliphatic carbocycles. The van der Waals surface area contributed by atoms with Crippen molar-refractivity contribution < 1.29 is 18.9 Å². The highest BCUT2D eigenvalue weighted by Crippen LogP contribution is 2.41. The summed E-state index contributed by atoms with van der Waals surface area (Å²) in [5.41, 5.74) is 1.81. The third-order valence-corrected chi connectivity index (χ3v) is 4.21. The topological polar surface area (TPSA) is 85.8 Å². The monoisotopic (exact) mass is 326 g/mol. The molecule has 0 saturated heterocycles. The molecule has 0 saturated carbocycles. The zero-order valence-corrected chi connectivity index (χ0v) is 14.0. The largest absolute Gasteiger partial charge is 0.524 e. The first-order valence-electron chi connectivity index (χ1n) is 7.40. The van der Waals surface area contributed by atoms with Crippen LogP contribution in [-0.4, -0.2) is 38.8 Å². The van der Waals surface area contributed by atoms with Crippen LogP contribution in [-0.2, 0) is 11.0 Å². The molecule has 0 atom stereocenters. The summed E-state index contributed by atoms with van der Waals surface area (Å²) in [6, 6.07) is 5.62. The summed E-state index contributed by atoms with van der Waals surface area (Å²) in [4.78, 5) is 23.6. The first-order valence-corrected chi connectivity index (χ1v) is 8.93. The normalized spacial score (nSPS) is 12.5. The van der Waals surface area contributed by atoms with E-state index < -0.39 is 7.82 Å². The third kappa shape index (κ3) is 4.11. The molecule has 2 aromatic rings. The van der Waals surface area contributed by atoms with E-state index in [1.165, 1.54) is 0 Å². The molecule has 7 heteroatoms. The summed E-state index contributed by atoms with van der Waals surface area (Å²) in [6.45, 7) is 8.27. The molecule has 6 nitrogen and oxygen atoms in total. The second-order valence-corrected chi connectivity index (χ2v) is 6.71. The Morgan fingerprint density at radius 3 is 2.68 bits per heavy atom. The maximum Gasteiger partial charge on any atom is 0.524 e. The van der Waals surface area contributed by atoms with Gasteiger partial charge in [-0.1, -0.05) is 13.0 Å². The van der Waals surface area contributed by atoms with Crippen LogP contribution in [0.15, 0.2) is 24.4 Å². The zero-order chi connectivity index (χ0) is 16.3. The smallest absolute Gasteiger partial charge is 0.404 e. The van der Waals surface area contributed by atoms with Gasteiger partial charge in [0.2, 0.25) is 0 Å². The van der Waals surface area contributed by atoms with Gasteiger partial charge in [-0.3, -0.25) is 9.79 Å². The second-order valence-electron chi connectivity index (χ2n) is 5.55. The number of H-pyrrole nitrogens is 1. The average molecular weight is 326 g/mol. The lowest BCUT2D eigenvalue weighted by atomic mass is 10.1. The van der Waals surface area contributed by atoms with Crippen molar-refractivity contribution in [3.8, 4) is 5.75 Å². The predicted molar refractivity (Wildman–Crippen MR) is 87.1 cm³/mol. The van der Waals surface area contributed by atoms with E-state index in [0.29, 0.717) is 6.04 Å². The van der Waals surface area contributed by atoms with Crippen LogP contribution in [0.4, 0.5) is 0 Å². The number of rotatable bonds is 7. The van der Waals surface area contributed by atoms with Crippen LogP contribution in [0.2, 0.25) is 0 Å². The molecule has 3 N–H and O–H groups in total. The minimum Gasteiger partial charge on any atom is -0.404 e. The standard InChI is InChI=1S/C15H23N2O4P/c1-4-17(11(2)3)9-8-12-10-16-13-6-5-7-14(15(12)13)21-22(18,19)20/h5-7,10-11,16H,4,8-9H2,1-3H3,(H2,18,19,20). The van der Waals surface area contributed by atoms with Crippen LogP contribution >= 0.6 is 7.82 Å². The van der Waals surface area contributed by atoms with E-state index in [1.54, 1.807) is 12.1 Å². The van der Waals surface area contributed by atoms with Gasteiger partial charge in [0.15, 0.2) is 0 Å². The van der Waals surface area contributed by atoms with Gasteiger partial charge in [0.1, 0.15) is 5.75 Å². The molecule has 1 aromatic heterocycles. The van der Waals surface area contributed by atoms with Gasteiger partial charge in [0.05, 0.1) is 0 Å². The number of benzene rings is 1. The van der Waals surface area contributed by atoms with Gasteiger partial charge in [-0.2, -0.15) is 0 Å². The molecule has 0 bridgehead atoms. The van der Waals surface area contributed by atoms with Crippen molar-refractivity contribution in [2.75, 3.05) is 13.1 Å². The molecular weight excluding hydrogens is 303 g/mol. The number of phosphoric ester groups is 1. The lowest BCUT2D eigenvalue weighted by molar-refractivity contribution is 0.237. The van der Waals surface area contributed by atoms with Crippen molar-refractivity contribution in [2.45, 2.75) is 33.2 Å². The van der Waals surface area contributed by atoms with Gasteiger partial charge in [-0.05, 0) is 44.5 Å². The molecule has 0 amide bonds. The molecular formula is C15H23N2O4P. The summed E-state index contributed by atoms with van der Waals surface area (Å²) in [5.74, 6) is 0.217. The minimum atomic E-state index is -4.57. The SMILES string of the molecule is CCN(CCc1c[nH]c2cccc(OP(=O)(O)O)c12)C(C)C. The molecule has 2 rings (SSSR count). The summed E-state index contributed by atoms with van der Waals surface area (Å²) in [7, 11) is -4.57. The number of nitrogens with one attached hydrogen (secondary N) is 1. The van der Waals surface area contributed by atoms with Crippen LogP contribution in [0, 0.1) is 0 Å². The van der Waals surface area contributed by atoms with Crippen LogP contribution in [0.5, 0.6) is 5.75 Å². The number of aromatic nitrogens is 1. The van der Waals surface area contributed by atoms with Crippen molar-refractivity contribution in [1.82, 2.24) is 9.88 Å². The van der Waals surface area contributed by atoms with Crippen LogP contribution in [0.25, 0.3) is 10.9 Å². The Labute approximate surface area is 130 Å².